The molecule has 20 heavy (non-hydrogen) atoms. The smallest absolute Gasteiger partial charge is 0.152 e. The molecule has 1 aromatic heterocycles. The van der Waals surface area contributed by atoms with Gasteiger partial charge in [-0.2, -0.15) is 0 Å². The normalized spacial score (nSPS) is 22.1. The van der Waals surface area contributed by atoms with Crippen LogP contribution in [0.3, 0.4) is 0 Å². The van der Waals surface area contributed by atoms with E-state index in [1.165, 1.54) is 18.5 Å². The highest BCUT2D eigenvalue weighted by atomic mass is 16.5. The van der Waals surface area contributed by atoms with E-state index < -0.39 is 0 Å². The zero-order chi connectivity index (χ0) is 13.9. The number of hydrogen-bond donors (Lipinski definition) is 1. The van der Waals surface area contributed by atoms with Gasteiger partial charge in [-0.15, -0.1) is 0 Å². The van der Waals surface area contributed by atoms with Gasteiger partial charge in [-0.05, 0) is 43.7 Å². The molecule has 2 aliphatic rings. The number of ether oxygens (including phenoxy) is 1. The van der Waals surface area contributed by atoms with Gasteiger partial charge in [0.05, 0.1) is 5.69 Å². The van der Waals surface area contributed by atoms with Gasteiger partial charge in [-0.1, -0.05) is 6.92 Å². The first-order chi connectivity index (χ1) is 9.74. The summed E-state index contributed by atoms with van der Waals surface area (Å²) in [5.41, 5.74) is 8.16. The van der Waals surface area contributed by atoms with Crippen molar-refractivity contribution in [3.8, 4) is 0 Å². The van der Waals surface area contributed by atoms with E-state index in [0.717, 1.165) is 56.6 Å². The lowest BCUT2D eigenvalue weighted by molar-refractivity contribution is 0.0845. The minimum Gasteiger partial charge on any atom is -0.396 e. The van der Waals surface area contributed by atoms with Crippen LogP contribution in [0.1, 0.15) is 44.2 Å². The highest BCUT2D eigenvalue weighted by molar-refractivity contribution is 5.63. The van der Waals surface area contributed by atoms with Gasteiger partial charge in [-0.25, -0.2) is 4.98 Å². The molecule has 0 aromatic carbocycles. The van der Waals surface area contributed by atoms with Crippen molar-refractivity contribution in [2.75, 3.05) is 36.9 Å². The van der Waals surface area contributed by atoms with E-state index in [2.05, 4.69) is 17.9 Å². The standard InChI is InChI=1S/C16H25N3O/c1-12-4-8-19(9-5-12)16-14(17)2-3-15(18-16)13-6-10-20-11-7-13/h2-3,12-13H,4-11,17H2,1H3. The van der Waals surface area contributed by atoms with Gasteiger partial charge in [-0.3, -0.25) is 0 Å². The fourth-order valence-electron chi connectivity index (χ4n) is 3.17. The number of nitrogen functional groups attached to an aromatic ring is 1. The Morgan fingerprint density at radius 3 is 2.55 bits per heavy atom. The van der Waals surface area contributed by atoms with E-state index in [1.807, 2.05) is 6.07 Å². The highest BCUT2D eigenvalue weighted by Gasteiger charge is 2.22. The van der Waals surface area contributed by atoms with Crippen molar-refractivity contribution < 1.29 is 4.74 Å². The summed E-state index contributed by atoms with van der Waals surface area (Å²) in [6, 6.07) is 4.13. The molecule has 0 aliphatic carbocycles. The van der Waals surface area contributed by atoms with Crippen LogP contribution in [0.2, 0.25) is 0 Å². The quantitative estimate of drug-likeness (QED) is 0.901. The molecule has 0 atom stereocenters. The molecule has 3 rings (SSSR count). The van der Waals surface area contributed by atoms with Crippen molar-refractivity contribution in [1.29, 1.82) is 0 Å². The summed E-state index contributed by atoms with van der Waals surface area (Å²) in [7, 11) is 0. The first-order valence-corrected chi connectivity index (χ1v) is 7.83. The third kappa shape index (κ3) is 2.90. The molecule has 2 saturated heterocycles. The van der Waals surface area contributed by atoms with Crippen molar-refractivity contribution in [3.63, 3.8) is 0 Å². The Bertz CT molecular complexity index is 449. The van der Waals surface area contributed by atoms with E-state index >= 15 is 0 Å². The summed E-state index contributed by atoms with van der Waals surface area (Å²) in [4.78, 5) is 7.25. The molecule has 2 N–H and O–H groups in total. The second-order valence-electron chi connectivity index (χ2n) is 6.21. The number of nitrogens with zero attached hydrogens (tertiary/aromatic N) is 2. The highest BCUT2D eigenvalue weighted by Crippen LogP contribution is 2.31. The van der Waals surface area contributed by atoms with Crippen molar-refractivity contribution in [3.05, 3.63) is 17.8 Å². The summed E-state index contributed by atoms with van der Waals surface area (Å²) in [6.07, 6.45) is 4.63. The molecular weight excluding hydrogens is 250 g/mol. The average Bonchev–Trinajstić information content (AvgIpc) is 2.50. The van der Waals surface area contributed by atoms with E-state index in [0.29, 0.717) is 5.92 Å². The van der Waals surface area contributed by atoms with Crippen LogP contribution in [0.25, 0.3) is 0 Å². The van der Waals surface area contributed by atoms with Crippen LogP contribution >= 0.6 is 0 Å². The number of rotatable bonds is 2. The summed E-state index contributed by atoms with van der Waals surface area (Å²) < 4.78 is 5.44. The lowest BCUT2D eigenvalue weighted by atomic mass is 9.95. The number of aromatic nitrogens is 1. The molecule has 0 radical (unpaired) electrons. The van der Waals surface area contributed by atoms with Gasteiger partial charge < -0.3 is 15.4 Å². The van der Waals surface area contributed by atoms with Crippen LogP contribution in [0.4, 0.5) is 11.5 Å². The van der Waals surface area contributed by atoms with Gasteiger partial charge in [0.25, 0.3) is 0 Å². The van der Waals surface area contributed by atoms with Crippen LogP contribution < -0.4 is 10.6 Å². The molecule has 0 bridgehead atoms. The third-order valence-corrected chi connectivity index (χ3v) is 4.65. The maximum atomic E-state index is 6.16. The zero-order valence-corrected chi connectivity index (χ0v) is 12.3. The van der Waals surface area contributed by atoms with Gasteiger partial charge in [0.2, 0.25) is 0 Å². The third-order valence-electron chi connectivity index (χ3n) is 4.65. The lowest BCUT2D eigenvalue weighted by Gasteiger charge is -2.32. The predicted octanol–water partition coefficient (Wildman–Crippen LogP) is 2.79. The topological polar surface area (TPSA) is 51.4 Å². The van der Waals surface area contributed by atoms with E-state index in [9.17, 15) is 0 Å². The molecule has 2 fully saturated rings. The second kappa shape index (κ2) is 6.00. The molecule has 4 nitrogen and oxygen atoms in total. The van der Waals surface area contributed by atoms with E-state index in [-0.39, 0.29) is 0 Å². The Labute approximate surface area is 121 Å². The Morgan fingerprint density at radius 2 is 1.85 bits per heavy atom. The number of nitrogens with two attached hydrogens (primary N) is 1. The number of hydrogen-bond acceptors (Lipinski definition) is 4. The van der Waals surface area contributed by atoms with E-state index in [1.54, 1.807) is 0 Å². The lowest BCUT2D eigenvalue weighted by Crippen LogP contribution is -2.34. The van der Waals surface area contributed by atoms with Gasteiger partial charge in [0.1, 0.15) is 0 Å². The van der Waals surface area contributed by atoms with Gasteiger partial charge >= 0.3 is 0 Å². The zero-order valence-electron chi connectivity index (χ0n) is 12.3. The average molecular weight is 275 g/mol. The maximum absolute atomic E-state index is 6.16. The molecule has 0 spiro atoms. The van der Waals surface area contributed by atoms with Crippen molar-refractivity contribution in [1.82, 2.24) is 4.98 Å². The molecule has 1 aromatic rings. The maximum Gasteiger partial charge on any atom is 0.152 e. The van der Waals surface area contributed by atoms with E-state index in [4.69, 9.17) is 15.5 Å². The Morgan fingerprint density at radius 1 is 1.15 bits per heavy atom. The van der Waals surface area contributed by atoms with Gasteiger partial charge in [0, 0.05) is 37.9 Å². The molecule has 2 aliphatic heterocycles. The van der Waals surface area contributed by atoms with Crippen LogP contribution in [0.15, 0.2) is 12.1 Å². The van der Waals surface area contributed by atoms with Crippen LogP contribution in [-0.2, 0) is 4.74 Å². The first-order valence-electron chi connectivity index (χ1n) is 7.83. The molecule has 110 valence electrons. The summed E-state index contributed by atoms with van der Waals surface area (Å²) in [6.45, 7) is 6.19. The molecular formula is C16H25N3O. The summed E-state index contributed by atoms with van der Waals surface area (Å²) >= 11 is 0. The van der Waals surface area contributed by atoms with Crippen LogP contribution in [-0.4, -0.2) is 31.3 Å². The predicted molar refractivity (Wildman–Crippen MR) is 82.1 cm³/mol. The molecule has 0 saturated carbocycles. The Hall–Kier alpha value is -1.29. The van der Waals surface area contributed by atoms with Crippen LogP contribution in [0, 0.1) is 5.92 Å². The molecule has 3 heterocycles. The summed E-state index contributed by atoms with van der Waals surface area (Å²) in [5.74, 6) is 2.36. The minimum atomic E-state index is 0.534. The first kappa shape index (κ1) is 13.7. The Balaban J connectivity index is 1.79. The monoisotopic (exact) mass is 275 g/mol. The number of pyridine rings is 1. The fraction of sp³-hybridized carbons (Fsp3) is 0.688. The van der Waals surface area contributed by atoms with Gasteiger partial charge in [0.15, 0.2) is 5.82 Å². The minimum absolute atomic E-state index is 0.534. The van der Waals surface area contributed by atoms with Crippen molar-refractivity contribution in [2.24, 2.45) is 5.92 Å². The van der Waals surface area contributed by atoms with Crippen LogP contribution in [0.5, 0.6) is 0 Å². The molecule has 0 unspecified atom stereocenters. The fourth-order valence-corrected chi connectivity index (χ4v) is 3.17. The molecule has 4 heteroatoms. The summed E-state index contributed by atoms with van der Waals surface area (Å²) in [5, 5.41) is 0. The second-order valence-corrected chi connectivity index (χ2v) is 6.21. The Kier molecular flexibility index (Phi) is 4.10. The largest absolute Gasteiger partial charge is 0.396 e. The van der Waals surface area contributed by atoms with Crippen molar-refractivity contribution in [2.45, 2.75) is 38.5 Å². The molecule has 0 amide bonds. The van der Waals surface area contributed by atoms with Crippen molar-refractivity contribution >= 4 is 11.5 Å². The SMILES string of the molecule is CC1CCN(c2nc(C3CCOCC3)ccc2N)CC1. The number of piperidine rings is 1. The number of anilines is 2.